The van der Waals surface area contributed by atoms with Crippen LogP contribution in [0.1, 0.15) is 24.1 Å². The van der Waals surface area contributed by atoms with Gasteiger partial charge in [0, 0.05) is 16.6 Å². The van der Waals surface area contributed by atoms with Crippen molar-refractivity contribution in [2.45, 2.75) is 19.6 Å². The lowest BCUT2D eigenvalue weighted by Crippen LogP contribution is -2.13. The van der Waals surface area contributed by atoms with Gasteiger partial charge in [-0.25, -0.2) is 0 Å². The van der Waals surface area contributed by atoms with Gasteiger partial charge in [-0.2, -0.15) is 0 Å². The van der Waals surface area contributed by atoms with Crippen LogP contribution in [-0.4, -0.2) is 7.05 Å². The van der Waals surface area contributed by atoms with Crippen LogP contribution < -0.4 is 10.1 Å². The fourth-order valence-corrected chi connectivity index (χ4v) is 1.99. The molecular weight excluding hydrogens is 258 g/mol. The van der Waals surface area contributed by atoms with E-state index in [2.05, 4.69) is 18.3 Å². The SMILES string of the molecule is CNC(C)c1ccccc1OCc1ccc(Cl)cc1. The normalized spacial score (nSPS) is 12.2. The summed E-state index contributed by atoms with van der Waals surface area (Å²) in [5.74, 6) is 0.916. The van der Waals surface area contributed by atoms with Crippen LogP contribution in [0.25, 0.3) is 0 Å². The Kier molecular flexibility index (Phi) is 4.83. The van der Waals surface area contributed by atoms with Crippen molar-refractivity contribution in [3.05, 3.63) is 64.7 Å². The predicted octanol–water partition coefficient (Wildman–Crippen LogP) is 4.20. The van der Waals surface area contributed by atoms with Gasteiger partial charge in [0.25, 0.3) is 0 Å². The molecule has 0 aliphatic rings. The smallest absolute Gasteiger partial charge is 0.124 e. The van der Waals surface area contributed by atoms with Crippen LogP contribution in [0, 0.1) is 0 Å². The minimum Gasteiger partial charge on any atom is -0.489 e. The molecule has 0 heterocycles. The second kappa shape index (κ2) is 6.60. The second-order valence-corrected chi connectivity index (χ2v) is 4.90. The van der Waals surface area contributed by atoms with E-state index in [4.69, 9.17) is 16.3 Å². The number of rotatable bonds is 5. The maximum absolute atomic E-state index is 5.90. The van der Waals surface area contributed by atoms with Crippen LogP contribution in [0.2, 0.25) is 5.02 Å². The maximum Gasteiger partial charge on any atom is 0.124 e. The van der Waals surface area contributed by atoms with E-state index in [-0.39, 0.29) is 6.04 Å². The Bertz CT molecular complexity index is 525. The van der Waals surface area contributed by atoms with Gasteiger partial charge in [-0.3, -0.25) is 0 Å². The molecule has 3 heteroatoms. The average molecular weight is 276 g/mol. The Morgan fingerprint density at radius 2 is 1.79 bits per heavy atom. The number of halogens is 1. The summed E-state index contributed by atoms with van der Waals surface area (Å²) < 4.78 is 5.90. The topological polar surface area (TPSA) is 21.3 Å². The lowest BCUT2D eigenvalue weighted by atomic mass is 10.1. The van der Waals surface area contributed by atoms with E-state index in [9.17, 15) is 0 Å². The van der Waals surface area contributed by atoms with Crippen molar-refractivity contribution in [2.75, 3.05) is 7.05 Å². The van der Waals surface area contributed by atoms with Crippen LogP contribution in [0.4, 0.5) is 0 Å². The molecule has 100 valence electrons. The molecule has 0 amide bonds. The highest BCUT2D eigenvalue weighted by Gasteiger charge is 2.09. The lowest BCUT2D eigenvalue weighted by molar-refractivity contribution is 0.300. The van der Waals surface area contributed by atoms with Crippen molar-refractivity contribution in [3.8, 4) is 5.75 Å². The zero-order valence-electron chi connectivity index (χ0n) is 11.2. The molecule has 1 unspecified atom stereocenters. The molecular formula is C16H18ClNO. The second-order valence-electron chi connectivity index (χ2n) is 4.46. The van der Waals surface area contributed by atoms with E-state index >= 15 is 0 Å². The molecule has 0 fully saturated rings. The summed E-state index contributed by atoms with van der Waals surface area (Å²) in [6.45, 7) is 2.66. The average Bonchev–Trinajstić information content (AvgIpc) is 2.46. The summed E-state index contributed by atoms with van der Waals surface area (Å²) in [6.07, 6.45) is 0. The summed E-state index contributed by atoms with van der Waals surface area (Å²) in [6, 6.07) is 16.1. The minimum absolute atomic E-state index is 0.265. The third kappa shape index (κ3) is 3.72. The summed E-state index contributed by atoms with van der Waals surface area (Å²) in [4.78, 5) is 0. The molecule has 2 aromatic rings. The molecule has 0 saturated carbocycles. The molecule has 2 nitrogen and oxygen atoms in total. The summed E-state index contributed by atoms with van der Waals surface area (Å²) >= 11 is 5.87. The Morgan fingerprint density at radius 3 is 2.47 bits per heavy atom. The van der Waals surface area contributed by atoms with E-state index in [0.29, 0.717) is 6.61 Å². The molecule has 0 aliphatic carbocycles. The molecule has 0 aromatic heterocycles. The highest BCUT2D eigenvalue weighted by Crippen LogP contribution is 2.25. The lowest BCUT2D eigenvalue weighted by Gasteiger charge is -2.16. The first-order valence-corrected chi connectivity index (χ1v) is 6.72. The predicted molar refractivity (Wildman–Crippen MR) is 79.7 cm³/mol. The van der Waals surface area contributed by atoms with Gasteiger partial charge < -0.3 is 10.1 Å². The molecule has 19 heavy (non-hydrogen) atoms. The van der Waals surface area contributed by atoms with Crippen molar-refractivity contribution < 1.29 is 4.74 Å². The van der Waals surface area contributed by atoms with Gasteiger partial charge in [0.15, 0.2) is 0 Å². The third-order valence-electron chi connectivity index (χ3n) is 3.13. The van der Waals surface area contributed by atoms with Crippen molar-refractivity contribution in [2.24, 2.45) is 0 Å². The van der Waals surface area contributed by atoms with Crippen LogP contribution in [-0.2, 0) is 6.61 Å². The maximum atomic E-state index is 5.90. The third-order valence-corrected chi connectivity index (χ3v) is 3.38. The number of hydrogen-bond acceptors (Lipinski definition) is 2. The summed E-state index contributed by atoms with van der Waals surface area (Å²) in [5.41, 5.74) is 2.27. The monoisotopic (exact) mass is 275 g/mol. The van der Waals surface area contributed by atoms with Crippen LogP contribution in [0.3, 0.4) is 0 Å². The van der Waals surface area contributed by atoms with Gasteiger partial charge in [0.2, 0.25) is 0 Å². The van der Waals surface area contributed by atoms with E-state index in [1.807, 2.05) is 49.5 Å². The molecule has 2 rings (SSSR count). The van der Waals surface area contributed by atoms with Gasteiger partial charge >= 0.3 is 0 Å². The van der Waals surface area contributed by atoms with E-state index in [0.717, 1.165) is 16.3 Å². The van der Waals surface area contributed by atoms with Crippen molar-refractivity contribution in [3.63, 3.8) is 0 Å². The quantitative estimate of drug-likeness (QED) is 0.883. The largest absolute Gasteiger partial charge is 0.489 e. The number of ether oxygens (including phenoxy) is 1. The zero-order chi connectivity index (χ0) is 13.7. The highest BCUT2D eigenvalue weighted by atomic mass is 35.5. The molecule has 2 aromatic carbocycles. The molecule has 1 N–H and O–H groups in total. The van der Waals surface area contributed by atoms with Gasteiger partial charge in [0.05, 0.1) is 0 Å². The zero-order valence-corrected chi connectivity index (χ0v) is 11.9. The molecule has 0 spiro atoms. The number of para-hydroxylation sites is 1. The van der Waals surface area contributed by atoms with Gasteiger partial charge in [-0.1, -0.05) is 41.9 Å². The van der Waals surface area contributed by atoms with Gasteiger partial charge in [-0.15, -0.1) is 0 Å². The Balaban J connectivity index is 2.09. The Morgan fingerprint density at radius 1 is 1.11 bits per heavy atom. The first-order chi connectivity index (χ1) is 9.20. The number of benzene rings is 2. The highest BCUT2D eigenvalue weighted by molar-refractivity contribution is 6.30. The number of hydrogen-bond donors (Lipinski definition) is 1. The van der Waals surface area contributed by atoms with Gasteiger partial charge in [-0.05, 0) is 37.7 Å². The fourth-order valence-electron chi connectivity index (χ4n) is 1.87. The standard InChI is InChI=1S/C16H18ClNO/c1-12(18-2)15-5-3-4-6-16(15)19-11-13-7-9-14(17)10-8-13/h3-10,12,18H,11H2,1-2H3. The minimum atomic E-state index is 0.265. The van der Waals surface area contributed by atoms with Crippen LogP contribution in [0.5, 0.6) is 5.75 Å². The Hall–Kier alpha value is -1.51. The van der Waals surface area contributed by atoms with Crippen molar-refractivity contribution in [1.29, 1.82) is 0 Å². The van der Waals surface area contributed by atoms with Crippen LogP contribution in [0.15, 0.2) is 48.5 Å². The van der Waals surface area contributed by atoms with Crippen molar-refractivity contribution >= 4 is 11.6 Å². The van der Waals surface area contributed by atoms with Gasteiger partial charge in [0.1, 0.15) is 12.4 Å². The molecule has 0 saturated heterocycles. The Labute approximate surface area is 119 Å². The van der Waals surface area contributed by atoms with Crippen LogP contribution >= 0.6 is 11.6 Å². The summed E-state index contributed by atoms with van der Waals surface area (Å²) in [7, 11) is 1.95. The molecule has 0 aliphatic heterocycles. The van der Waals surface area contributed by atoms with E-state index in [1.165, 1.54) is 5.56 Å². The molecule has 0 radical (unpaired) electrons. The van der Waals surface area contributed by atoms with Crippen molar-refractivity contribution in [1.82, 2.24) is 5.32 Å². The fraction of sp³-hybridized carbons (Fsp3) is 0.250. The first-order valence-electron chi connectivity index (χ1n) is 6.34. The molecule has 0 bridgehead atoms. The molecule has 1 atom stereocenters. The van der Waals surface area contributed by atoms with E-state index < -0.39 is 0 Å². The first kappa shape index (κ1) is 13.9. The van der Waals surface area contributed by atoms with E-state index in [1.54, 1.807) is 0 Å². The summed E-state index contributed by atoms with van der Waals surface area (Å²) in [5, 5.41) is 3.97. The number of nitrogens with one attached hydrogen (secondary N) is 1.